The Morgan fingerprint density at radius 2 is 2.11 bits per heavy atom. The van der Waals surface area contributed by atoms with E-state index < -0.39 is 0 Å². The number of carbonyl (C=O) groups is 1. The van der Waals surface area contributed by atoms with Gasteiger partial charge in [0.2, 0.25) is 0 Å². The van der Waals surface area contributed by atoms with Gasteiger partial charge >= 0.3 is 0 Å². The fourth-order valence-electron chi connectivity index (χ4n) is 3.68. The second-order valence-electron chi connectivity index (χ2n) is 6.97. The molecule has 6 nitrogen and oxygen atoms in total. The first-order valence-electron chi connectivity index (χ1n) is 9.09. The molecule has 2 atom stereocenters. The van der Waals surface area contributed by atoms with Crippen LogP contribution in [-0.2, 0) is 11.2 Å². The zero-order valence-electron chi connectivity index (χ0n) is 15.5. The standard InChI is InChI=1S/C21H23N3O3/c1-13-17-10-16(26-2)3-4-18(17)23-20(13)21(25)24-19-12-27-11-15(19)9-14-5-7-22-8-6-14/h3-8,10,15,19,23H,9,11-12H2,1-2H3,(H,24,25)/t15-,19+/m1/s1. The first kappa shape index (κ1) is 17.5. The quantitative estimate of drug-likeness (QED) is 0.729. The molecule has 1 fully saturated rings. The number of aromatic amines is 1. The highest BCUT2D eigenvalue weighted by Gasteiger charge is 2.30. The number of nitrogens with one attached hydrogen (secondary N) is 2. The van der Waals surface area contributed by atoms with Crippen LogP contribution in [0.2, 0.25) is 0 Å². The molecule has 6 heteroatoms. The van der Waals surface area contributed by atoms with Crippen LogP contribution in [0.3, 0.4) is 0 Å². The Balaban J connectivity index is 1.51. The Kier molecular flexibility index (Phi) is 4.81. The lowest BCUT2D eigenvalue weighted by atomic mass is 9.95. The lowest BCUT2D eigenvalue weighted by Crippen LogP contribution is -2.41. The molecule has 140 valence electrons. The Morgan fingerprint density at radius 1 is 1.30 bits per heavy atom. The van der Waals surface area contributed by atoms with E-state index >= 15 is 0 Å². The molecule has 1 aliphatic heterocycles. The third-order valence-electron chi connectivity index (χ3n) is 5.25. The number of ether oxygens (including phenoxy) is 2. The van der Waals surface area contributed by atoms with Crippen molar-refractivity contribution in [3.63, 3.8) is 0 Å². The molecule has 0 unspecified atom stereocenters. The number of aryl methyl sites for hydroxylation is 1. The molecule has 0 spiro atoms. The molecule has 3 aromatic rings. The number of H-pyrrole nitrogens is 1. The number of carbonyl (C=O) groups excluding carboxylic acids is 1. The summed E-state index contributed by atoms with van der Waals surface area (Å²) >= 11 is 0. The van der Waals surface area contributed by atoms with Gasteiger partial charge in [0, 0.05) is 29.2 Å². The van der Waals surface area contributed by atoms with E-state index in [-0.39, 0.29) is 17.9 Å². The summed E-state index contributed by atoms with van der Waals surface area (Å²) in [5, 5.41) is 4.15. The number of aromatic nitrogens is 2. The van der Waals surface area contributed by atoms with Gasteiger partial charge in [0.25, 0.3) is 5.91 Å². The van der Waals surface area contributed by atoms with Crippen molar-refractivity contribution in [1.29, 1.82) is 0 Å². The Morgan fingerprint density at radius 3 is 2.89 bits per heavy atom. The topological polar surface area (TPSA) is 76.2 Å². The number of benzene rings is 1. The smallest absolute Gasteiger partial charge is 0.268 e. The number of methoxy groups -OCH3 is 1. The summed E-state index contributed by atoms with van der Waals surface area (Å²) in [4.78, 5) is 20.2. The van der Waals surface area contributed by atoms with Crippen molar-refractivity contribution >= 4 is 16.8 Å². The van der Waals surface area contributed by atoms with Crippen molar-refractivity contribution in [3.05, 3.63) is 59.5 Å². The minimum Gasteiger partial charge on any atom is -0.497 e. The summed E-state index contributed by atoms with van der Waals surface area (Å²) < 4.78 is 10.9. The lowest BCUT2D eigenvalue weighted by molar-refractivity contribution is 0.0920. The molecule has 0 bridgehead atoms. The van der Waals surface area contributed by atoms with Crippen LogP contribution in [0.5, 0.6) is 5.75 Å². The zero-order chi connectivity index (χ0) is 18.8. The van der Waals surface area contributed by atoms with E-state index in [1.807, 2.05) is 37.3 Å². The molecule has 27 heavy (non-hydrogen) atoms. The summed E-state index contributed by atoms with van der Waals surface area (Å²) in [6.45, 7) is 3.14. The van der Waals surface area contributed by atoms with Crippen LogP contribution in [0.15, 0.2) is 42.7 Å². The summed E-state index contributed by atoms with van der Waals surface area (Å²) in [7, 11) is 1.64. The molecular weight excluding hydrogens is 342 g/mol. The van der Waals surface area contributed by atoms with E-state index in [4.69, 9.17) is 9.47 Å². The predicted octanol–water partition coefficient (Wildman–Crippen LogP) is 2.87. The van der Waals surface area contributed by atoms with Crippen molar-refractivity contribution in [3.8, 4) is 5.75 Å². The van der Waals surface area contributed by atoms with Crippen molar-refractivity contribution in [2.75, 3.05) is 20.3 Å². The number of rotatable bonds is 5. The van der Waals surface area contributed by atoms with Crippen LogP contribution in [0.4, 0.5) is 0 Å². The largest absolute Gasteiger partial charge is 0.497 e. The number of nitrogens with zero attached hydrogens (tertiary/aromatic N) is 1. The molecule has 0 saturated carbocycles. The van der Waals surface area contributed by atoms with E-state index in [0.29, 0.717) is 18.9 Å². The first-order chi connectivity index (χ1) is 13.2. The summed E-state index contributed by atoms with van der Waals surface area (Å²) in [5.41, 5.74) is 3.64. The van der Waals surface area contributed by atoms with E-state index in [0.717, 1.165) is 28.6 Å². The van der Waals surface area contributed by atoms with Gasteiger partial charge in [-0.25, -0.2) is 0 Å². The molecule has 3 heterocycles. The highest BCUT2D eigenvalue weighted by molar-refractivity contribution is 6.01. The van der Waals surface area contributed by atoms with E-state index in [1.165, 1.54) is 5.56 Å². The van der Waals surface area contributed by atoms with Crippen LogP contribution in [0, 0.1) is 12.8 Å². The molecule has 2 aromatic heterocycles. The zero-order valence-corrected chi connectivity index (χ0v) is 15.5. The second-order valence-corrected chi connectivity index (χ2v) is 6.97. The van der Waals surface area contributed by atoms with Gasteiger partial charge in [-0.3, -0.25) is 9.78 Å². The maximum Gasteiger partial charge on any atom is 0.268 e. The highest BCUT2D eigenvalue weighted by Crippen LogP contribution is 2.26. The monoisotopic (exact) mass is 365 g/mol. The van der Waals surface area contributed by atoms with Crippen molar-refractivity contribution in [2.24, 2.45) is 5.92 Å². The van der Waals surface area contributed by atoms with Crippen LogP contribution in [0.1, 0.15) is 21.6 Å². The fourth-order valence-corrected chi connectivity index (χ4v) is 3.68. The van der Waals surface area contributed by atoms with Gasteiger partial charge in [-0.2, -0.15) is 0 Å². The molecule has 0 aliphatic carbocycles. The molecular formula is C21H23N3O3. The van der Waals surface area contributed by atoms with Crippen LogP contribution in [-0.4, -0.2) is 42.2 Å². The minimum absolute atomic E-state index is 0.00832. The molecule has 1 amide bonds. The third-order valence-corrected chi connectivity index (χ3v) is 5.25. The number of hydrogen-bond acceptors (Lipinski definition) is 4. The Labute approximate surface area is 157 Å². The van der Waals surface area contributed by atoms with Crippen LogP contribution >= 0.6 is 0 Å². The number of fused-ring (bicyclic) bond motifs is 1. The van der Waals surface area contributed by atoms with Crippen LogP contribution in [0.25, 0.3) is 10.9 Å². The predicted molar refractivity (Wildman–Crippen MR) is 103 cm³/mol. The maximum atomic E-state index is 12.9. The lowest BCUT2D eigenvalue weighted by Gasteiger charge is -2.19. The van der Waals surface area contributed by atoms with Gasteiger partial charge in [-0.1, -0.05) is 0 Å². The summed E-state index contributed by atoms with van der Waals surface area (Å²) in [6.07, 6.45) is 4.44. The number of amides is 1. The van der Waals surface area contributed by atoms with Crippen LogP contribution < -0.4 is 10.1 Å². The fraction of sp³-hybridized carbons (Fsp3) is 0.333. The van der Waals surface area contributed by atoms with E-state index in [9.17, 15) is 4.79 Å². The Hall–Kier alpha value is -2.86. The number of pyridine rings is 1. The van der Waals surface area contributed by atoms with E-state index in [1.54, 1.807) is 19.5 Å². The molecule has 1 aromatic carbocycles. The average molecular weight is 365 g/mol. The van der Waals surface area contributed by atoms with E-state index in [2.05, 4.69) is 15.3 Å². The molecule has 1 saturated heterocycles. The molecule has 2 N–H and O–H groups in total. The number of hydrogen-bond donors (Lipinski definition) is 2. The van der Waals surface area contributed by atoms with Crippen molar-refractivity contribution < 1.29 is 14.3 Å². The van der Waals surface area contributed by atoms with Gasteiger partial charge in [0.1, 0.15) is 11.4 Å². The molecule has 4 rings (SSSR count). The minimum atomic E-state index is -0.0992. The second kappa shape index (κ2) is 7.40. The normalized spacial score (nSPS) is 19.3. The SMILES string of the molecule is COc1ccc2[nH]c(C(=O)N[C@H]3COC[C@H]3Cc3ccncc3)c(C)c2c1. The highest BCUT2D eigenvalue weighted by atomic mass is 16.5. The Bertz CT molecular complexity index is 952. The van der Waals surface area contributed by atoms with Crippen molar-refractivity contribution in [2.45, 2.75) is 19.4 Å². The molecule has 0 radical (unpaired) electrons. The van der Waals surface area contributed by atoms with Gasteiger partial charge in [0.05, 0.1) is 26.4 Å². The van der Waals surface area contributed by atoms with Gasteiger partial charge in [-0.05, 0) is 54.8 Å². The third kappa shape index (κ3) is 3.53. The van der Waals surface area contributed by atoms with Gasteiger partial charge in [0.15, 0.2) is 0 Å². The van der Waals surface area contributed by atoms with Crippen molar-refractivity contribution in [1.82, 2.24) is 15.3 Å². The summed E-state index contributed by atoms with van der Waals surface area (Å²) in [6, 6.07) is 9.77. The average Bonchev–Trinajstić information content (AvgIpc) is 3.26. The maximum absolute atomic E-state index is 12.9. The molecule has 1 aliphatic rings. The summed E-state index contributed by atoms with van der Waals surface area (Å²) in [5.74, 6) is 0.928. The first-order valence-corrected chi connectivity index (χ1v) is 9.09. The van der Waals surface area contributed by atoms with Gasteiger partial charge in [-0.15, -0.1) is 0 Å². The van der Waals surface area contributed by atoms with Gasteiger partial charge < -0.3 is 19.8 Å².